The Morgan fingerprint density at radius 2 is 1.81 bits per heavy atom. The summed E-state index contributed by atoms with van der Waals surface area (Å²) in [6, 6.07) is 8.91. The van der Waals surface area contributed by atoms with Crippen molar-refractivity contribution in [2.24, 2.45) is 0 Å². The standard InChI is InChI=1S/C17H19ClN2O5S/c1-20(2)26(22,23)13-7-5-6-12(10-13)19-17(21)11-8-14(18)16(25-4)15(9-11)24-3/h5-10H,1-4H3,(H,19,21). The number of methoxy groups -OCH3 is 2. The lowest BCUT2D eigenvalue weighted by Crippen LogP contribution is -2.22. The maximum atomic E-state index is 12.5. The van der Waals surface area contributed by atoms with Crippen LogP contribution in [0.1, 0.15) is 10.4 Å². The molecular formula is C17H19ClN2O5S. The molecule has 0 heterocycles. The Morgan fingerprint density at radius 1 is 1.12 bits per heavy atom. The zero-order valence-electron chi connectivity index (χ0n) is 14.7. The van der Waals surface area contributed by atoms with Crippen molar-refractivity contribution in [3.63, 3.8) is 0 Å². The number of ether oxygens (including phenoxy) is 2. The second kappa shape index (κ2) is 7.94. The van der Waals surface area contributed by atoms with E-state index in [1.54, 1.807) is 12.1 Å². The summed E-state index contributed by atoms with van der Waals surface area (Å²) < 4.78 is 35.8. The topological polar surface area (TPSA) is 84.9 Å². The van der Waals surface area contributed by atoms with Crippen LogP contribution in [0.2, 0.25) is 5.02 Å². The van der Waals surface area contributed by atoms with Crippen molar-refractivity contribution in [2.75, 3.05) is 33.6 Å². The predicted molar refractivity (Wildman–Crippen MR) is 99.8 cm³/mol. The molecule has 0 radical (unpaired) electrons. The molecule has 1 amide bonds. The first kappa shape index (κ1) is 20.0. The molecule has 2 rings (SSSR count). The predicted octanol–water partition coefficient (Wildman–Crippen LogP) is 2.86. The van der Waals surface area contributed by atoms with Crippen LogP contribution in [0.25, 0.3) is 0 Å². The largest absolute Gasteiger partial charge is 0.493 e. The maximum Gasteiger partial charge on any atom is 0.255 e. The molecule has 0 atom stereocenters. The Morgan fingerprint density at radius 3 is 2.38 bits per heavy atom. The van der Waals surface area contributed by atoms with E-state index in [9.17, 15) is 13.2 Å². The fourth-order valence-electron chi connectivity index (χ4n) is 2.20. The monoisotopic (exact) mass is 398 g/mol. The highest BCUT2D eigenvalue weighted by Gasteiger charge is 2.19. The molecule has 0 aliphatic carbocycles. The molecule has 2 aromatic carbocycles. The molecule has 0 saturated heterocycles. The van der Waals surface area contributed by atoms with Gasteiger partial charge in [-0.05, 0) is 30.3 Å². The third-order valence-corrected chi connectivity index (χ3v) is 5.66. The molecule has 0 saturated carbocycles. The minimum atomic E-state index is -3.60. The quantitative estimate of drug-likeness (QED) is 0.808. The number of rotatable bonds is 6. The van der Waals surface area contributed by atoms with Crippen LogP contribution in [0.3, 0.4) is 0 Å². The van der Waals surface area contributed by atoms with Gasteiger partial charge in [-0.3, -0.25) is 4.79 Å². The second-order valence-corrected chi connectivity index (χ2v) is 8.02. The number of benzene rings is 2. The average molecular weight is 399 g/mol. The second-order valence-electron chi connectivity index (χ2n) is 5.46. The fourth-order valence-corrected chi connectivity index (χ4v) is 3.43. The van der Waals surface area contributed by atoms with Crippen LogP contribution in [0.5, 0.6) is 11.5 Å². The van der Waals surface area contributed by atoms with Gasteiger partial charge in [0.2, 0.25) is 10.0 Å². The van der Waals surface area contributed by atoms with E-state index in [0.29, 0.717) is 17.2 Å². The van der Waals surface area contributed by atoms with Gasteiger partial charge in [0, 0.05) is 25.3 Å². The fraction of sp³-hybridized carbons (Fsp3) is 0.235. The van der Waals surface area contributed by atoms with E-state index in [0.717, 1.165) is 4.31 Å². The van der Waals surface area contributed by atoms with Gasteiger partial charge in [-0.25, -0.2) is 12.7 Å². The summed E-state index contributed by atoms with van der Waals surface area (Å²) in [5.74, 6) is 0.172. The van der Waals surface area contributed by atoms with E-state index < -0.39 is 15.9 Å². The van der Waals surface area contributed by atoms with Crippen LogP contribution in [-0.4, -0.2) is 46.9 Å². The van der Waals surface area contributed by atoms with Gasteiger partial charge in [-0.2, -0.15) is 0 Å². The molecule has 7 nitrogen and oxygen atoms in total. The summed E-state index contributed by atoms with van der Waals surface area (Å²) in [6.07, 6.45) is 0. The molecule has 0 aliphatic heterocycles. The van der Waals surface area contributed by atoms with E-state index in [2.05, 4.69) is 5.32 Å². The van der Waals surface area contributed by atoms with Crippen molar-refractivity contribution >= 4 is 33.2 Å². The number of amides is 1. The lowest BCUT2D eigenvalue weighted by molar-refractivity contribution is 0.102. The number of sulfonamides is 1. The summed E-state index contributed by atoms with van der Waals surface area (Å²) in [6.45, 7) is 0. The van der Waals surface area contributed by atoms with E-state index >= 15 is 0 Å². The molecule has 0 aliphatic rings. The van der Waals surface area contributed by atoms with Gasteiger partial charge in [0.25, 0.3) is 5.91 Å². The van der Waals surface area contributed by atoms with E-state index in [-0.39, 0.29) is 15.5 Å². The average Bonchev–Trinajstić information content (AvgIpc) is 2.60. The van der Waals surface area contributed by atoms with Crippen LogP contribution in [-0.2, 0) is 10.0 Å². The first-order valence-corrected chi connectivity index (χ1v) is 9.28. The van der Waals surface area contributed by atoms with Crippen molar-refractivity contribution in [2.45, 2.75) is 4.90 Å². The SMILES string of the molecule is COc1cc(C(=O)Nc2cccc(S(=O)(=O)N(C)C)c2)cc(Cl)c1OC. The number of anilines is 1. The van der Waals surface area contributed by atoms with Gasteiger partial charge >= 0.3 is 0 Å². The Bertz CT molecular complexity index is 929. The molecule has 0 unspecified atom stereocenters. The summed E-state index contributed by atoms with van der Waals surface area (Å²) in [5.41, 5.74) is 0.581. The molecule has 140 valence electrons. The van der Waals surface area contributed by atoms with Crippen molar-refractivity contribution in [3.05, 3.63) is 47.0 Å². The zero-order valence-corrected chi connectivity index (χ0v) is 16.3. The molecule has 2 aromatic rings. The molecule has 0 aromatic heterocycles. The Labute approximate surface area is 157 Å². The molecule has 0 fully saturated rings. The van der Waals surface area contributed by atoms with Crippen LogP contribution in [0.15, 0.2) is 41.3 Å². The van der Waals surface area contributed by atoms with E-state index in [1.807, 2.05) is 0 Å². The highest BCUT2D eigenvalue weighted by Crippen LogP contribution is 2.36. The Hall–Kier alpha value is -2.29. The third-order valence-electron chi connectivity index (χ3n) is 3.57. The molecule has 1 N–H and O–H groups in total. The summed E-state index contributed by atoms with van der Waals surface area (Å²) in [7, 11) is 2.15. The number of hydrogen-bond donors (Lipinski definition) is 1. The molecule has 9 heteroatoms. The summed E-state index contributed by atoms with van der Waals surface area (Å²) >= 11 is 6.11. The highest BCUT2D eigenvalue weighted by molar-refractivity contribution is 7.89. The molecule has 0 bridgehead atoms. The van der Waals surface area contributed by atoms with Gasteiger partial charge < -0.3 is 14.8 Å². The first-order chi connectivity index (χ1) is 12.2. The minimum Gasteiger partial charge on any atom is -0.493 e. The van der Waals surface area contributed by atoms with Crippen molar-refractivity contribution in [3.8, 4) is 11.5 Å². The number of hydrogen-bond acceptors (Lipinski definition) is 5. The van der Waals surface area contributed by atoms with Crippen LogP contribution >= 0.6 is 11.6 Å². The van der Waals surface area contributed by atoms with Gasteiger partial charge in [-0.15, -0.1) is 0 Å². The van der Waals surface area contributed by atoms with Crippen molar-refractivity contribution < 1.29 is 22.7 Å². The van der Waals surface area contributed by atoms with Gasteiger partial charge in [-0.1, -0.05) is 17.7 Å². The highest BCUT2D eigenvalue weighted by atomic mass is 35.5. The van der Waals surface area contributed by atoms with Crippen molar-refractivity contribution in [1.29, 1.82) is 0 Å². The van der Waals surface area contributed by atoms with Crippen LogP contribution < -0.4 is 14.8 Å². The lowest BCUT2D eigenvalue weighted by atomic mass is 10.1. The van der Waals surface area contributed by atoms with Crippen LogP contribution in [0, 0.1) is 0 Å². The Kier molecular flexibility index (Phi) is 6.12. The van der Waals surface area contributed by atoms with E-state index in [4.69, 9.17) is 21.1 Å². The summed E-state index contributed by atoms with van der Waals surface area (Å²) in [5, 5.41) is 2.87. The third kappa shape index (κ3) is 4.09. The molecule has 0 spiro atoms. The zero-order chi connectivity index (χ0) is 19.5. The maximum absolute atomic E-state index is 12.5. The number of nitrogens with zero attached hydrogens (tertiary/aromatic N) is 1. The molecule has 26 heavy (non-hydrogen) atoms. The first-order valence-electron chi connectivity index (χ1n) is 7.46. The van der Waals surface area contributed by atoms with Gasteiger partial charge in [0.05, 0.1) is 24.1 Å². The Balaban J connectivity index is 2.33. The van der Waals surface area contributed by atoms with Gasteiger partial charge in [0.1, 0.15) is 0 Å². The smallest absolute Gasteiger partial charge is 0.255 e. The van der Waals surface area contributed by atoms with Crippen LogP contribution in [0.4, 0.5) is 5.69 Å². The summed E-state index contributed by atoms with van der Waals surface area (Å²) in [4.78, 5) is 12.6. The number of halogens is 1. The number of carbonyl (C=O) groups is 1. The number of carbonyl (C=O) groups excluding carboxylic acids is 1. The van der Waals surface area contributed by atoms with Crippen molar-refractivity contribution in [1.82, 2.24) is 4.31 Å². The number of nitrogens with one attached hydrogen (secondary N) is 1. The minimum absolute atomic E-state index is 0.0747. The normalized spacial score (nSPS) is 11.3. The van der Waals surface area contributed by atoms with Gasteiger partial charge in [0.15, 0.2) is 11.5 Å². The molecular weight excluding hydrogens is 380 g/mol. The lowest BCUT2D eigenvalue weighted by Gasteiger charge is -2.14. The van der Waals surface area contributed by atoms with E-state index in [1.165, 1.54) is 52.6 Å².